The summed E-state index contributed by atoms with van der Waals surface area (Å²) in [6.07, 6.45) is 0. The SMILES string of the molecule is CC(C)c1cc(OCC(=O)NCC#N)c(C(=O)O)s1. The van der Waals surface area contributed by atoms with Gasteiger partial charge in [-0.2, -0.15) is 5.26 Å². The van der Waals surface area contributed by atoms with E-state index < -0.39 is 11.9 Å². The number of amides is 1. The normalized spacial score (nSPS) is 10.0. The summed E-state index contributed by atoms with van der Waals surface area (Å²) < 4.78 is 5.20. The second-order valence-electron chi connectivity index (χ2n) is 4.03. The summed E-state index contributed by atoms with van der Waals surface area (Å²) in [4.78, 5) is 23.3. The van der Waals surface area contributed by atoms with E-state index in [1.807, 2.05) is 13.8 Å². The highest BCUT2D eigenvalue weighted by molar-refractivity contribution is 7.14. The van der Waals surface area contributed by atoms with Crippen LogP contribution in [0.25, 0.3) is 0 Å². The molecule has 0 bridgehead atoms. The molecule has 1 amide bonds. The molecule has 1 rings (SSSR count). The minimum Gasteiger partial charge on any atom is -0.482 e. The van der Waals surface area contributed by atoms with E-state index in [0.717, 1.165) is 16.2 Å². The first-order valence-electron chi connectivity index (χ1n) is 5.59. The fourth-order valence-corrected chi connectivity index (χ4v) is 2.21. The van der Waals surface area contributed by atoms with Crippen LogP contribution < -0.4 is 10.1 Å². The first-order valence-corrected chi connectivity index (χ1v) is 6.40. The summed E-state index contributed by atoms with van der Waals surface area (Å²) in [5, 5.41) is 19.7. The highest BCUT2D eigenvalue weighted by Gasteiger charge is 2.18. The van der Waals surface area contributed by atoms with Gasteiger partial charge in [-0.15, -0.1) is 11.3 Å². The van der Waals surface area contributed by atoms with Crippen LogP contribution in [0.5, 0.6) is 5.75 Å². The summed E-state index contributed by atoms with van der Waals surface area (Å²) in [6, 6.07) is 3.40. The van der Waals surface area contributed by atoms with Gasteiger partial charge in [0, 0.05) is 4.88 Å². The number of hydrogen-bond donors (Lipinski definition) is 2. The van der Waals surface area contributed by atoms with Crippen LogP contribution in [0.1, 0.15) is 34.3 Å². The molecule has 0 aromatic carbocycles. The van der Waals surface area contributed by atoms with E-state index in [1.165, 1.54) is 0 Å². The molecule has 7 heteroatoms. The topological polar surface area (TPSA) is 99.4 Å². The van der Waals surface area contributed by atoms with Gasteiger partial charge in [-0.25, -0.2) is 4.79 Å². The zero-order valence-electron chi connectivity index (χ0n) is 10.6. The summed E-state index contributed by atoms with van der Waals surface area (Å²) in [6.45, 7) is 3.48. The molecule has 0 saturated heterocycles. The first kappa shape index (κ1) is 15.0. The largest absolute Gasteiger partial charge is 0.482 e. The molecular formula is C12H14N2O4S. The van der Waals surface area contributed by atoms with Gasteiger partial charge in [0.2, 0.25) is 0 Å². The number of nitriles is 1. The third-order valence-corrected chi connectivity index (χ3v) is 3.61. The number of nitrogens with one attached hydrogen (secondary N) is 1. The quantitative estimate of drug-likeness (QED) is 0.772. The van der Waals surface area contributed by atoms with Gasteiger partial charge in [0.15, 0.2) is 11.5 Å². The molecule has 1 aromatic heterocycles. The van der Waals surface area contributed by atoms with Crippen LogP contribution in [0.4, 0.5) is 0 Å². The molecule has 0 aliphatic heterocycles. The van der Waals surface area contributed by atoms with Crippen molar-refractivity contribution in [2.75, 3.05) is 13.2 Å². The molecule has 0 spiro atoms. The van der Waals surface area contributed by atoms with E-state index in [-0.39, 0.29) is 29.7 Å². The maximum absolute atomic E-state index is 11.3. The van der Waals surface area contributed by atoms with Crippen molar-refractivity contribution in [3.05, 3.63) is 15.8 Å². The summed E-state index contributed by atoms with van der Waals surface area (Å²) in [5.41, 5.74) is 0. The Balaban J connectivity index is 2.74. The Bertz CT molecular complexity index is 516. The van der Waals surface area contributed by atoms with Gasteiger partial charge in [0.25, 0.3) is 5.91 Å². The smallest absolute Gasteiger partial charge is 0.349 e. The van der Waals surface area contributed by atoms with E-state index in [9.17, 15) is 9.59 Å². The average molecular weight is 282 g/mol. The molecule has 0 atom stereocenters. The van der Waals surface area contributed by atoms with Crippen LogP contribution in [0, 0.1) is 11.3 Å². The van der Waals surface area contributed by atoms with Crippen molar-refractivity contribution >= 4 is 23.2 Å². The van der Waals surface area contributed by atoms with E-state index >= 15 is 0 Å². The summed E-state index contributed by atoms with van der Waals surface area (Å²) >= 11 is 1.14. The van der Waals surface area contributed by atoms with Gasteiger partial charge in [0.05, 0.1) is 6.07 Å². The molecule has 0 aliphatic carbocycles. The van der Waals surface area contributed by atoms with Crippen molar-refractivity contribution in [2.24, 2.45) is 0 Å². The number of hydrogen-bond acceptors (Lipinski definition) is 5. The number of rotatable bonds is 6. The Kier molecular flexibility index (Phi) is 5.33. The van der Waals surface area contributed by atoms with Crippen molar-refractivity contribution in [3.8, 4) is 11.8 Å². The van der Waals surface area contributed by atoms with Crippen LogP contribution in [0.3, 0.4) is 0 Å². The molecule has 1 aromatic rings. The van der Waals surface area contributed by atoms with Crippen LogP contribution in [0.2, 0.25) is 0 Å². The second-order valence-corrected chi connectivity index (χ2v) is 5.11. The Morgan fingerprint density at radius 2 is 2.26 bits per heavy atom. The van der Waals surface area contributed by atoms with E-state index in [2.05, 4.69) is 5.32 Å². The fraction of sp³-hybridized carbons (Fsp3) is 0.417. The van der Waals surface area contributed by atoms with Crippen molar-refractivity contribution < 1.29 is 19.4 Å². The Hall–Kier alpha value is -2.07. The van der Waals surface area contributed by atoms with Gasteiger partial charge in [-0.3, -0.25) is 4.79 Å². The van der Waals surface area contributed by atoms with Crippen LogP contribution in [-0.2, 0) is 4.79 Å². The Morgan fingerprint density at radius 3 is 2.79 bits per heavy atom. The molecule has 6 nitrogen and oxygen atoms in total. The van der Waals surface area contributed by atoms with Crippen molar-refractivity contribution in [3.63, 3.8) is 0 Å². The molecule has 1 heterocycles. The Labute approximate surface area is 114 Å². The number of carbonyl (C=O) groups excluding carboxylic acids is 1. The zero-order valence-corrected chi connectivity index (χ0v) is 11.4. The third-order valence-electron chi connectivity index (χ3n) is 2.20. The lowest BCUT2D eigenvalue weighted by molar-refractivity contribution is -0.122. The van der Waals surface area contributed by atoms with Gasteiger partial charge in [-0.05, 0) is 12.0 Å². The minimum atomic E-state index is -1.08. The molecule has 19 heavy (non-hydrogen) atoms. The van der Waals surface area contributed by atoms with Gasteiger partial charge < -0.3 is 15.2 Å². The molecule has 2 N–H and O–H groups in total. The number of aromatic carboxylic acids is 1. The summed E-state index contributed by atoms with van der Waals surface area (Å²) in [7, 11) is 0. The second kappa shape index (κ2) is 6.75. The first-order chi connectivity index (χ1) is 8.95. The van der Waals surface area contributed by atoms with Gasteiger partial charge in [0.1, 0.15) is 12.3 Å². The van der Waals surface area contributed by atoms with Gasteiger partial charge in [-0.1, -0.05) is 13.8 Å². The average Bonchev–Trinajstić information content (AvgIpc) is 2.78. The van der Waals surface area contributed by atoms with Crippen molar-refractivity contribution in [2.45, 2.75) is 19.8 Å². The van der Waals surface area contributed by atoms with Crippen LogP contribution >= 0.6 is 11.3 Å². The zero-order chi connectivity index (χ0) is 14.4. The van der Waals surface area contributed by atoms with Crippen LogP contribution in [-0.4, -0.2) is 30.1 Å². The molecule has 0 unspecified atom stereocenters. The molecule has 0 aliphatic rings. The van der Waals surface area contributed by atoms with E-state index in [1.54, 1.807) is 12.1 Å². The number of carboxylic acid groups (broad SMARTS) is 1. The standard InChI is InChI=1S/C12H14N2O4S/c1-7(2)9-5-8(11(19-9)12(16)17)18-6-10(15)14-4-3-13/h5,7H,4,6H2,1-2H3,(H,14,15)(H,16,17). The monoisotopic (exact) mass is 282 g/mol. The predicted molar refractivity (Wildman–Crippen MR) is 69.5 cm³/mol. The van der Waals surface area contributed by atoms with Crippen molar-refractivity contribution in [1.29, 1.82) is 5.26 Å². The summed E-state index contributed by atoms with van der Waals surface area (Å²) in [5.74, 6) is -1.17. The lowest BCUT2D eigenvalue weighted by atomic mass is 10.2. The number of carboxylic acids is 1. The number of thiophene rings is 1. The predicted octanol–water partition coefficient (Wildman–Crippen LogP) is 1.59. The van der Waals surface area contributed by atoms with E-state index in [4.69, 9.17) is 15.1 Å². The highest BCUT2D eigenvalue weighted by Crippen LogP contribution is 2.33. The third kappa shape index (κ3) is 4.26. The van der Waals surface area contributed by atoms with Gasteiger partial charge >= 0.3 is 5.97 Å². The number of ether oxygens (including phenoxy) is 1. The highest BCUT2D eigenvalue weighted by atomic mass is 32.1. The maximum atomic E-state index is 11.3. The lowest BCUT2D eigenvalue weighted by Gasteiger charge is -2.04. The molecule has 0 radical (unpaired) electrons. The molecular weight excluding hydrogens is 268 g/mol. The minimum absolute atomic E-state index is 0.0804. The molecule has 0 fully saturated rings. The Morgan fingerprint density at radius 1 is 1.58 bits per heavy atom. The number of carbonyl (C=O) groups is 2. The maximum Gasteiger partial charge on any atom is 0.349 e. The van der Waals surface area contributed by atoms with Crippen molar-refractivity contribution in [1.82, 2.24) is 5.32 Å². The fourth-order valence-electron chi connectivity index (χ4n) is 1.27. The van der Waals surface area contributed by atoms with Crippen LogP contribution in [0.15, 0.2) is 6.07 Å². The lowest BCUT2D eigenvalue weighted by Crippen LogP contribution is -2.29. The van der Waals surface area contributed by atoms with E-state index in [0.29, 0.717) is 0 Å². The number of nitrogens with zero attached hydrogens (tertiary/aromatic N) is 1. The molecule has 102 valence electrons. The molecule has 0 saturated carbocycles.